The highest BCUT2D eigenvalue weighted by atomic mass is 19.2. The van der Waals surface area contributed by atoms with Gasteiger partial charge in [-0.15, -0.1) is 0 Å². The minimum atomic E-state index is -1.75. The summed E-state index contributed by atoms with van der Waals surface area (Å²) in [6.07, 6.45) is 0. The van der Waals surface area contributed by atoms with E-state index in [2.05, 4.69) is 0 Å². The average molecular weight is 391 g/mol. The van der Waals surface area contributed by atoms with Gasteiger partial charge in [0, 0.05) is 6.07 Å². The van der Waals surface area contributed by atoms with E-state index in [1.165, 1.54) is 6.07 Å². The molecule has 28 heavy (non-hydrogen) atoms. The van der Waals surface area contributed by atoms with Gasteiger partial charge in [0.1, 0.15) is 5.58 Å². The topological polar surface area (TPSA) is 85.6 Å². The first-order valence-electron chi connectivity index (χ1n) is 7.91. The lowest BCUT2D eigenvalue weighted by Crippen LogP contribution is -2.22. The van der Waals surface area contributed by atoms with Crippen molar-refractivity contribution in [1.82, 2.24) is 0 Å². The number of amides is 1. The Morgan fingerprint density at radius 2 is 1.82 bits per heavy atom. The van der Waals surface area contributed by atoms with E-state index in [4.69, 9.17) is 9.15 Å². The molecule has 3 aromatic rings. The molecule has 1 amide bonds. The van der Waals surface area contributed by atoms with E-state index in [9.17, 15) is 27.6 Å². The van der Waals surface area contributed by atoms with Gasteiger partial charge in [-0.2, -0.15) is 0 Å². The van der Waals surface area contributed by atoms with Crippen molar-refractivity contribution in [2.75, 3.05) is 11.9 Å². The first kappa shape index (κ1) is 19.2. The maximum atomic E-state index is 13.5. The Hall–Kier alpha value is -3.62. The lowest BCUT2D eigenvalue weighted by molar-refractivity contribution is -0.119. The third-order valence-electron chi connectivity index (χ3n) is 3.73. The van der Waals surface area contributed by atoms with Crippen LogP contribution in [0.5, 0.6) is 0 Å². The largest absolute Gasteiger partial charge is 0.450 e. The van der Waals surface area contributed by atoms with Gasteiger partial charge in [0.2, 0.25) is 5.76 Å². The summed E-state index contributed by atoms with van der Waals surface area (Å²) in [4.78, 5) is 35.8. The predicted octanol–water partition coefficient (Wildman–Crippen LogP) is 3.31. The number of halogens is 3. The SMILES string of the molecule is Cc1ccc2oc(C(=O)OCC(=O)Nc3ccc(F)c(F)c3F)cc(=O)c2c1. The fourth-order valence-corrected chi connectivity index (χ4v) is 2.38. The van der Waals surface area contributed by atoms with E-state index in [1.807, 2.05) is 5.32 Å². The fourth-order valence-electron chi connectivity index (χ4n) is 2.38. The van der Waals surface area contributed by atoms with Crippen molar-refractivity contribution in [3.05, 3.63) is 75.4 Å². The third kappa shape index (κ3) is 3.88. The fraction of sp³-hybridized carbons (Fsp3) is 0.105. The molecule has 144 valence electrons. The molecule has 1 N–H and O–H groups in total. The number of fused-ring (bicyclic) bond motifs is 1. The van der Waals surface area contributed by atoms with Gasteiger partial charge in [-0.05, 0) is 31.2 Å². The van der Waals surface area contributed by atoms with Gasteiger partial charge in [0.15, 0.2) is 29.5 Å². The lowest BCUT2D eigenvalue weighted by Gasteiger charge is -2.08. The lowest BCUT2D eigenvalue weighted by atomic mass is 10.1. The van der Waals surface area contributed by atoms with E-state index < -0.39 is 52.8 Å². The highest BCUT2D eigenvalue weighted by Crippen LogP contribution is 2.19. The Morgan fingerprint density at radius 1 is 1.07 bits per heavy atom. The molecule has 6 nitrogen and oxygen atoms in total. The van der Waals surface area contributed by atoms with E-state index in [-0.39, 0.29) is 11.0 Å². The summed E-state index contributed by atoms with van der Waals surface area (Å²) in [7, 11) is 0. The monoisotopic (exact) mass is 391 g/mol. The standard InChI is InChI=1S/C19H12F3NO5/c1-9-2-5-14-10(6-9)13(24)7-15(28-14)19(26)27-8-16(25)23-12-4-3-11(20)17(21)18(12)22/h2-7H,8H2,1H3,(H,23,25). The van der Waals surface area contributed by atoms with E-state index >= 15 is 0 Å². The van der Waals surface area contributed by atoms with Crippen LogP contribution in [0.25, 0.3) is 11.0 Å². The molecule has 1 aromatic heterocycles. The van der Waals surface area contributed by atoms with Crippen molar-refractivity contribution in [3.8, 4) is 0 Å². The quantitative estimate of drug-likeness (QED) is 0.545. The van der Waals surface area contributed by atoms with Crippen LogP contribution in [0.3, 0.4) is 0 Å². The van der Waals surface area contributed by atoms with Crippen molar-refractivity contribution in [2.24, 2.45) is 0 Å². The highest BCUT2D eigenvalue weighted by molar-refractivity contribution is 5.95. The number of carbonyl (C=O) groups excluding carboxylic acids is 2. The number of nitrogens with one attached hydrogen (secondary N) is 1. The molecule has 0 fully saturated rings. The first-order valence-corrected chi connectivity index (χ1v) is 7.91. The number of ether oxygens (including phenoxy) is 1. The normalized spacial score (nSPS) is 10.7. The van der Waals surface area contributed by atoms with Crippen LogP contribution in [0, 0.1) is 24.4 Å². The zero-order valence-corrected chi connectivity index (χ0v) is 14.3. The number of anilines is 1. The van der Waals surface area contributed by atoms with Crippen molar-refractivity contribution in [1.29, 1.82) is 0 Å². The average Bonchev–Trinajstić information content (AvgIpc) is 2.67. The second-order valence-corrected chi connectivity index (χ2v) is 5.82. The van der Waals surface area contributed by atoms with Crippen molar-refractivity contribution >= 4 is 28.5 Å². The maximum Gasteiger partial charge on any atom is 0.374 e. The summed E-state index contributed by atoms with van der Waals surface area (Å²) in [5.41, 5.74) is -0.0904. The second-order valence-electron chi connectivity index (χ2n) is 5.82. The maximum absolute atomic E-state index is 13.5. The Morgan fingerprint density at radius 3 is 2.57 bits per heavy atom. The Balaban J connectivity index is 1.69. The molecule has 0 spiro atoms. The molecule has 0 aliphatic carbocycles. The molecular formula is C19H12F3NO5. The summed E-state index contributed by atoms with van der Waals surface area (Å²) in [6, 6.07) is 7.17. The van der Waals surface area contributed by atoms with Gasteiger partial charge in [-0.25, -0.2) is 18.0 Å². The smallest absolute Gasteiger partial charge is 0.374 e. The second kappa shape index (κ2) is 7.55. The molecule has 0 bridgehead atoms. The van der Waals surface area contributed by atoms with Crippen LogP contribution in [0.15, 0.2) is 45.6 Å². The minimum Gasteiger partial charge on any atom is -0.450 e. The zero-order chi connectivity index (χ0) is 20.4. The summed E-state index contributed by atoms with van der Waals surface area (Å²) in [5.74, 6) is -7.27. The summed E-state index contributed by atoms with van der Waals surface area (Å²) < 4.78 is 49.5. The molecular weight excluding hydrogens is 379 g/mol. The number of hydrogen-bond donors (Lipinski definition) is 1. The van der Waals surface area contributed by atoms with E-state index in [1.54, 1.807) is 19.1 Å². The van der Waals surface area contributed by atoms with Gasteiger partial charge in [0.25, 0.3) is 5.91 Å². The molecule has 3 rings (SSSR count). The number of carbonyl (C=O) groups is 2. The van der Waals surface area contributed by atoms with Crippen LogP contribution >= 0.6 is 0 Å². The number of benzene rings is 2. The van der Waals surface area contributed by atoms with Crippen LogP contribution in [-0.4, -0.2) is 18.5 Å². The van der Waals surface area contributed by atoms with Gasteiger partial charge in [-0.1, -0.05) is 11.6 Å². The third-order valence-corrected chi connectivity index (χ3v) is 3.73. The molecule has 0 saturated carbocycles. The minimum absolute atomic E-state index is 0.165. The molecule has 0 atom stereocenters. The van der Waals surface area contributed by atoms with Crippen LogP contribution < -0.4 is 10.7 Å². The molecule has 0 aliphatic rings. The zero-order valence-electron chi connectivity index (χ0n) is 14.3. The van der Waals surface area contributed by atoms with Gasteiger partial charge < -0.3 is 14.5 Å². The van der Waals surface area contributed by atoms with Crippen LogP contribution in [-0.2, 0) is 9.53 Å². The van der Waals surface area contributed by atoms with Gasteiger partial charge >= 0.3 is 5.97 Å². The number of esters is 1. The molecule has 0 saturated heterocycles. The Kier molecular flexibility index (Phi) is 5.16. The van der Waals surface area contributed by atoms with Crippen LogP contribution in [0.4, 0.5) is 18.9 Å². The van der Waals surface area contributed by atoms with Crippen LogP contribution in [0.2, 0.25) is 0 Å². The summed E-state index contributed by atoms with van der Waals surface area (Å²) in [6.45, 7) is 0.919. The predicted molar refractivity (Wildman–Crippen MR) is 92.4 cm³/mol. The first-order chi connectivity index (χ1) is 13.3. The van der Waals surface area contributed by atoms with Crippen molar-refractivity contribution in [3.63, 3.8) is 0 Å². The van der Waals surface area contributed by atoms with Gasteiger partial charge in [-0.3, -0.25) is 9.59 Å². The molecule has 2 aromatic carbocycles. The van der Waals surface area contributed by atoms with Crippen molar-refractivity contribution < 1.29 is 31.9 Å². The summed E-state index contributed by atoms with van der Waals surface area (Å²) >= 11 is 0. The van der Waals surface area contributed by atoms with Gasteiger partial charge in [0.05, 0.1) is 11.1 Å². The van der Waals surface area contributed by atoms with E-state index in [0.717, 1.165) is 17.7 Å². The Bertz CT molecular complexity index is 1160. The Labute approximate surface area is 155 Å². The molecule has 0 aliphatic heterocycles. The molecule has 0 radical (unpaired) electrons. The highest BCUT2D eigenvalue weighted by Gasteiger charge is 2.18. The molecule has 0 unspecified atom stereocenters. The number of aryl methyl sites for hydroxylation is 1. The number of rotatable bonds is 4. The molecule has 9 heteroatoms. The van der Waals surface area contributed by atoms with Crippen molar-refractivity contribution in [2.45, 2.75) is 6.92 Å². The summed E-state index contributed by atoms with van der Waals surface area (Å²) in [5, 5.41) is 2.22. The van der Waals surface area contributed by atoms with E-state index in [0.29, 0.717) is 6.07 Å². The van der Waals surface area contributed by atoms with Crippen LogP contribution in [0.1, 0.15) is 16.1 Å². The molecule has 1 heterocycles. The number of hydrogen-bond acceptors (Lipinski definition) is 5.